The minimum Gasteiger partial charge on any atom is -0.493 e. The van der Waals surface area contributed by atoms with Crippen LogP contribution in [0.1, 0.15) is 30.5 Å². The highest BCUT2D eigenvalue weighted by Gasteiger charge is 2.25. The second-order valence-electron chi connectivity index (χ2n) is 7.43. The zero-order valence-electron chi connectivity index (χ0n) is 15.1. The highest BCUT2D eigenvalue weighted by Crippen LogP contribution is 2.38. The molecular weight excluding hydrogens is 350 g/mol. The Morgan fingerprint density at radius 2 is 1.96 bits per heavy atom. The van der Waals surface area contributed by atoms with Crippen molar-refractivity contribution in [3.05, 3.63) is 45.9 Å². The molecular formula is C20H23NO4S. The summed E-state index contributed by atoms with van der Waals surface area (Å²) >= 11 is 0. The first-order chi connectivity index (χ1) is 12.3. The van der Waals surface area contributed by atoms with E-state index in [4.69, 9.17) is 4.74 Å². The number of aromatic nitrogens is 1. The van der Waals surface area contributed by atoms with E-state index in [2.05, 4.69) is 0 Å². The van der Waals surface area contributed by atoms with Gasteiger partial charge < -0.3 is 9.30 Å². The van der Waals surface area contributed by atoms with Crippen LogP contribution < -0.4 is 10.3 Å². The minimum atomic E-state index is -3.33. The van der Waals surface area contributed by atoms with Crippen LogP contribution in [0.15, 0.2) is 34.0 Å². The van der Waals surface area contributed by atoms with Gasteiger partial charge in [0.2, 0.25) is 0 Å². The number of pyridine rings is 1. The first-order valence-corrected chi connectivity index (χ1v) is 10.9. The van der Waals surface area contributed by atoms with Gasteiger partial charge in [-0.3, -0.25) is 4.79 Å². The van der Waals surface area contributed by atoms with Gasteiger partial charge in [0.15, 0.2) is 9.84 Å². The van der Waals surface area contributed by atoms with Crippen molar-refractivity contribution < 1.29 is 13.2 Å². The molecule has 0 unspecified atom stereocenters. The lowest BCUT2D eigenvalue weighted by Gasteiger charge is -2.17. The zero-order valence-corrected chi connectivity index (χ0v) is 15.9. The van der Waals surface area contributed by atoms with Crippen molar-refractivity contribution in [1.82, 2.24) is 4.57 Å². The topological polar surface area (TPSA) is 65.4 Å². The normalized spacial score (nSPS) is 16.5. The summed E-state index contributed by atoms with van der Waals surface area (Å²) in [6, 6.07) is 6.92. The van der Waals surface area contributed by atoms with Crippen molar-refractivity contribution in [3.63, 3.8) is 0 Å². The lowest BCUT2D eigenvalue weighted by molar-refractivity contribution is 0.301. The molecule has 138 valence electrons. The maximum atomic E-state index is 12.4. The number of fused-ring (bicyclic) bond motifs is 1. The number of rotatable bonds is 5. The zero-order chi connectivity index (χ0) is 18.5. The predicted molar refractivity (Wildman–Crippen MR) is 101 cm³/mol. The summed E-state index contributed by atoms with van der Waals surface area (Å²) in [4.78, 5) is 12.7. The molecule has 1 aliphatic heterocycles. The van der Waals surface area contributed by atoms with Crippen LogP contribution in [0.25, 0.3) is 11.1 Å². The van der Waals surface area contributed by atoms with Crippen molar-refractivity contribution in [2.45, 2.75) is 44.0 Å². The van der Waals surface area contributed by atoms with Crippen LogP contribution in [0.2, 0.25) is 0 Å². The van der Waals surface area contributed by atoms with Gasteiger partial charge in [-0.2, -0.15) is 0 Å². The molecule has 1 aromatic carbocycles. The first-order valence-electron chi connectivity index (χ1n) is 9.05. The third-order valence-electron chi connectivity index (χ3n) is 5.22. The van der Waals surface area contributed by atoms with E-state index in [1.165, 1.54) is 19.1 Å². The summed E-state index contributed by atoms with van der Waals surface area (Å²) in [6.45, 7) is 3.18. The van der Waals surface area contributed by atoms with Gasteiger partial charge in [-0.25, -0.2) is 8.42 Å². The van der Waals surface area contributed by atoms with Crippen LogP contribution in [-0.2, 0) is 22.8 Å². The highest BCUT2D eigenvalue weighted by molar-refractivity contribution is 7.90. The Morgan fingerprint density at radius 3 is 2.65 bits per heavy atom. The molecule has 0 bridgehead atoms. The monoisotopic (exact) mass is 373 g/mol. The number of aryl methyl sites for hydroxylation is 1. The average Bonchev–Trinajstić information content (AvgIpc) is 3.29. The molecule has 1 aromatic heterocycles. The van der Waals surface area contributed by atoms with E-state index in [-0.39, 0.29) is 10.5 Å². The Bertz CT molecular complexity index is 1030. The van der Waals surface area contributed by atoms with E-state index < -0.39 is 9.84 Å². The van der Waals surface area contributed by atoms with E-state index in [1.54, 1.807) is 18.2 Å². The van der Waals surface area contributed by atoms with E-state index in [0.717, 1.165) is 29.7 Å². The minimum absolute atomic E-state index is 0.0426. The number of sulfone groups is 1. The van der Waals surface area contributed by atoms with Crippen LogP contribution in [-0.4, -0.2) is 25.8 Å². The van der Waals surface area contributed by atoms with Gasteiger partial charge in [-0.05, 0) is 62.8 Å². The quantitative estimate of drug-likeness (QED) is 0.808. The van der Waals surface area contributed by atoms with Crippen molar-refractivity contribution in [1.29, 1.82) is 0 Å². The fraction of sp³-hybridized carbons (Fsp3) is 0.450. The van der Waals surface area contributed by atoms with Gasteiger partial charge in [0.1, 0.15) is 5.75 Å². The van der Waals surface area contributed by atoms with Crippen LogP contribution in [0.5, 0.6) is 5.75 Å². The summed E-state index contributed by atoms with van der Waals surface area (Å²) in [5.74, 6) is 1.29. The molecule has 5 nitrogen and oxygen atoms in total. The Morgan fingerprint density at radius 1 is 1.19 bits per heavy atom. The fourth-order valence-electron chi connectivity index (χ4n) is 3.55. The van der Waals surface area contributed by atoms with E-state index >= 15 is 0 Å². The Labute approximate surface area is 153 Å². The molecule has 6 heteroatoms. The van der Waals surface area contributed by atoms with Crippen LogP contribution in [0.3, 0.4) is 0 Å². The van der Waals surface area contributed by atoms with Gasteiger partial charge >= 0.3 is 0 Å². The third-order valence-corrected chi connectivity index (χ3v) is 6.33. The molecule has 1 saturated carbocycles. The lowest BCUT2D eigenvalue weighted by atomic mass is 10.00. The number of hydrogen-bond acceptors (Lipinski definition) is 4. The van der Waals surface area contributed by atoms with Crippen LogP contribution in [0.4, 0.5) is 0 Å². The average molecular weight is 373 g/mol. The molecule has 0 N–H and O–H groups in total. The molecule has 0 spiro atoms. The maximum absolute atomic E-state index is 12.4. The Kier molecular flexibility index (Phi) is 4.18. The largest absolute Gasteiger partial charge is 0.493 e. The highest BCUT2D eigenvalue weighted by atomic mass is 32.2. The molecule has 0 atom stereocenters. The number of ether oxygens (including phenoxy) is 1. The van der Waals surface area contributed by atoms with E-state index in [1.807, 2.05) is 17.6 Å². The molecule has 1 aliphatic carbocycles. The summed E-state index contributed by atoms with van der Waals surface area (Å²) in [7, 11) is -3.33. The van der Waals surface area contributed by atoms with Gasteiger partial charge in [-0.1, -0.05) is 0 Å². The molecule has 2 aromatic rings. The number of hydrogen-bond donors (Lipinski definition) is 0. The standard InChI is InChI=1S/C20H23NO4S/c1-13-10-16(18-4-3-9-21(18)20(13)22)17-11-15(26(2,23)24)7-8-19(17)25-12-14-5-6-14/h7-8,10-11,14H,3-6,9,12H2,1-2H3. The third kappa shape index (κ3) is 3.18. The predicted octanol–water partition coefficient (Wildman–Crippen LogP) is 2.96. The SMILES string of the molecule is Cc1cc(-c2cc(S(C)(=O)=O)ccc2OCC2CC2)c2n(c1=O)CCC2. The molecule has 4 rings (SSSR count). The van der Waals surface area contributed by atoms with Gasteiger partial charge in [0.05, 0.1) is 11.5 Å². The van der Waals surface area contributed by atoms with Crippen molar-refractivity contribution >= 4 is 9.84 Å². The van der Waals surface area contributed by atoms with E-state index in [0.29, 0.717) is 30.4 Å². The molecule has 0 amide bonds. The Hall–Kier alpha value is -2.08. The first kappa shape index (κ1) is 17.3. The molecule has 0 radical (unpaired) electrons. The Balaban J connectivity index is 1.90. The number of nitrogens with zero attached hydrogens (tertiary/aromatic N) is 1. The fourth-order valence-corrected chi connectivity index (χ4v) is 4.20. The van der Waals surface area contributed by atoms with Crippen molar-refractivity contribution in [2.24, 2.45) is 5.92 Å². The second-order valence-corrected chi connectivity index (χ2v) is 9.45. The summed E-state index contributed by atoms with van der Waals surface area (Å²) < 4.78 is 32.0. The van der Waals surface area contributed by atoms with Crippen molar-refractivity contribution in [3.8, 4) is 16.9 Å². The summed E-state index contributed by atoms with van der Waals surface area (Å²) in [5, 5.41) is 0. The smallest absolute Gasteiger partial charge is 0.253 e. The van der Waals surface area contributed by atoms with Crippen molar-refractivity contribution in [2.75, 3.05) is 12.9 Å². The van der Waals surface area contributed by atoms with Gasteiger partial charge in [-0.15, -0.1) is 0 Å². The number of benzene rings is 1. The second kappa shape index (κ2) is 6.27. The maximum Gasteiger partial charge on any atom is 0.253 e. The van der Waals surface area contributed by atoms with Gasteiger partial charge in [0, 0.05) is 35.2 Å². The van der Waals surface area contributed by atoms with Crippen LogP contribution in [0, 0.1) is 12.8 Å². The molecule has 2 heterocycles. The molecule has 0 saturated heterocycles. The molecule has 1 fully saturated rings. The summed E-state index contributed by atoms with van der Waals surface area (Å²) in [5.41, 5.74) is 3.37. The lowest BCUT2D eigenvalue weighted by Crippen LogP contribution is -2.22. The van der Waals surface area contributed by atoms with Gasteiger partial charge in [0.25, 0.3) is 5.56 Å². The molecule has 26 heavy (non-hydrogen) atoms. The van der Waals surface area contributed by atoms with E-state index in [9.17, 15) is 13.2 Å². The summed E-state index contributed by atoms with van der Waals surface area (Å²) in [6.07, 6.45) is 5.33. The molecule has 2 aliphatic rings. The van der Waals surface area contributed by atoms with Crippen LogP contribution >= 0.6 is 0 Å².